The number of halogens is 1. The van der Waals surface area contributed by atoms with Crippen LogP contribution in [0.3, 0.4) is 0 Å². The van der Waals surface area contributed by atoms with E-state index in [2.05, 4.69) is 6.92 Å². The molecule has 0 heterocycles. The van der Waals surface area contributed by atoms with E-state index in [1.54, 1.807) is 19.2 Å². The largest absolute Gasteiger partial charge is 0.495 e. The van der Waals surface area contributed by atoms with Crippen LogP contribution in [0.2, 0.25) is 5.02 Å². The van der Waals surface area contributed by atoms with Crippen LogP contribution >= 0.6 is 11.6 Å². The lowest BCUT2D eigenvalue weighted by atomic mass is 10.2. The molecule has 0 aliphatic rings. The first-order valence-corrected chi connectivity index (χ1v) is 3.27. The fraction of sp³-hybridized carbons (Fsp3) is 0.125. The van der Waals surface area contributed by atoms with Crippen LogP contribution in [0.5, 0.6) is 5.75 Å². The van der Waals surface area contributed by atoms with Gasteiger partial charge < -0.3 is 4.74 Å². The van der Waals surface area contributed by atoms with Crippen molar-refractivity contribution in [3.8, 4) is 5.75 Å². The molecule has 0 bridgehead atoms. The van der Waals surface area contributed by atoms with Crippen LogP contribution in [-0.2, 0) is 0 Å². The summed E-state index contributed by atoms with van der Waals surface area (Å²) in [5.41, 5.74) is 0.904. The first kappa shape index (κ1) is 7.42. The summed E-state index contributed by atoms with van der Waals surface area (Å²) in [6.07, 6.45) is 0. The molecule has 2 heteroatoms. The molecule has 0 N–H and O–H groups in total. The molecule has 0 aliphatic carbocycles. The van der Waals surface area contributed by atoms with Crippen LogP contribution in [0.15, 0.2) is 18.2 Å². The van der Waals surface area contributed by atoms with Gasteiger partial charge >= 0.3 is 0 Å². The van der Waals surface area contributed by atoms with Crippen molar-refractivity contribution >= 4 is 11.6 Å². The highest BCUT2D eigenvalue weighted by molar-refractivity contribution is 6.32. The monoisotopic (exact) mass is 155 g/mol. The van der Waals surface area contributed by atoms with Gasteiger partial charge in [-0.2, -0.15) is 0 Å². The van der Waals surface area contributed by atoms with E-state index in [1.165, 1.54) is 0 Å². The Morgan fingerprint density at radius 1 is 1.50 bits per heavy atom. The molecule has 0 saturated carbocycles. The maximum atomic E-state index is 5.74. The summed E-state index contributed by atoms with van der Waals surface area (Å²) in [6, 6.07) is 5.40. The third-order valence-corrected chi connectivity index (χ3v) is 1.53. The van der Waals surface area contributed by atoms with Gasteiger partial charge in [0.15, 0.2) is 0 Å². The second-order valence-corrected chi connectivity index (χ2v) is 2.38. The molecule has 0 aromatic heterocycles. The van der Waals surface area contributed by atoms with Crippen molar-refractivity contribution in [2.24, 2.45) is 0 Å². The van der Waals surface area contributed by atoms with Crippen LogP contribution in [0, 0.1) is 6.92 Å². The first-order chi connectivity index (χ1) is 4.74. The summed E-state index contributed by atoms with van der Waals surface area (Å²) < 4.78 is 4.95. The molecule has 0 atom stereocenters. The van der Waals surface area contributed by atoms with Crippen molar-refractivity contribution in [1.29, 1.82) is 0 Å². The SMILES string of the molecule is [CH2]c1ccc(Cl)c(OC)c1. The van der Waals surface area contributed by atoms with E-state index >= 15 is 0 Å². The highest BCUT2D eigenvalue weighted by atomic mass is 35.5. The Balaban J connectivity index is 3.09. The van der Waals surface area contributed by atoms with Crippen molar-refractivity contribution in [1.82, 2.24) is 0 Å². The number of hydrogen-bond acceptors (Lipinski definition) is 1. The highest BCUT2D eigenvalue weighted by Crippen LogP contribution is 2.24. The average Bonchev–Trinajstić information content (AvgIpc) is 1.94. The van der Waals surface area contributed by atoms with Gasteiger partial charge in [-0.1, -0.05) is 17.7 Å². The lowest BCUT2D eigenvalue weighted by Crippen LogP contribution is -1.83. The lowest BCUT2D eigenvalue weighted by molar-refractivity contribution is 0.415. The third-order valence-electron chi connectivity index (χ3n) is 1.22. The fourth-order valence-electron chi connectivity index (χ4n) is 0.704. The van der Waals surface area contributed by atoms with Crippen LogP contribution in [-0.4, -0.2) is 7.11 Å². The topological polar surface area (TPSA) is 9.23 Å². The van der Waals surface area contributed by atoms with E-state index in [1.807, 2.05) is 6.07 Å². The zero-order valence-corrected chi connectivity index (χ0v) is 6.48. The van der Waals surface area contributed by atoms with Gasteiger partial charge in [0.05, 0.1) is 12.1 Å². The molecule has 0 fully saturated rings. The highest BCUT2D eigenvalue weighted by Gasteiger charge is 1.97. The Bertz CT molecular complexity index is 233. The third kappa shape index (κ3) is 1.42. The second kappa shape index (κ2) is 2.93. The van der Waals surface area contributed by atoms with Gasteiger partial charge in [0.1, 0.15) is 5.75 Å². The Kier molecular flexibility index (Phi) is 2.17. The molecule has 1 aromatic carbocycles. The number of rotatable bonds is 1. The standard InChI is InChI=1S/C8H8ClO/c1-6-3-4-7(9)8(5-6)10-2/h3-5H,1H2,2H3. The van der Waals surface area contributed by atoms with Gasteiger partial charge in [-0.3, -0.25) is 0 Å². The molecule has 0 aliphatic heterocycles. The molecule has 0 spiro atoms. The number of methoxy groups -OCH3 is 1. The molecule has 0 saturated heterocycles. The van der Waals surface area contributed by atoms with Gasteiger partial charge in [-0.15, -0.1) is 0 Å². The molecular weight excluding hydrogens is 148 g/mol. The molecule has 0 unspecified atom stereocenters. The van der Waals surface area contributed by atoms with Gasteiger partial charge in [-0.05, 0) is 24.6 Å². The Labute approximate surface area is 65.6 Å². The molecule has 1 radical (unpaired) electrons. The summed E-state index contributed by atoms with van der Waals surface area (Å²) in [6.45, 7) is 3.73. The Morgan fingerprint density at radius 2 is 2.20 bits per heavy atom. The Hall–Kier alpha value is -0.690. The smallest absolute Gasteiger partial charge is 0.137 e. The predicted octanol–water partition coefficient (Wildman–Crippen LogP) is 2.53. The van der Waals surface area contributed by atoms with E-state index in [0.717, 1.165) is 5.56 Å². The summed E-state index contributed by atoms with van der Waals surface area (Å²) in [7, 11) is 1.58. The van der Waals surface area contributed by atoms with Gasteiger partial charge in [0, 0.05) is 0 Å². The summed E-state index contributed by atoms with van der Waals surface area (Å²) in [5.74, 6) is 0.675. The summed E-state index contributed by atoms with van der Waals surface area (Å²) >= 11 is 5.74. The van der Waals surface area contributed by atoms with Crippen molar-refractivity contribution in [3.05, 3.63) is 35.7 Å². The minimum atomic E-state index is 0.620. The zero-order valence-electron chi connectivity index (χ0n) is 5.73. The normalized spacial score (nSPS) is 9.50. The average molecular weight is 156 g/mol. The molecule has 53 valence electrons. The number of ether oxygens (including phenoxy) is 1. The van der Waals surface area contributed by atoms with E-state index in [4.69, 9.17) is 16.3 Å². The maximum absolute atomic E-state index is 5.74. The second-order valence-electron chi connectivity index (χ2n) is 1.97. The minimum Gasteiger partial charge on any atom is -0.495 e. The molecule has 10 heavy (non-hydrogen) atoms. The minimum absolute atomic E-state index is 0.620. The van der Waals surface area contributed by atoms with Crippen LogP contribution in [0.1, 0.15) is 5.56 Å². The summed E-state index contributed by atoms with van der Waals surface area (Å²) in [5, 5.41) is 0.620. The lowest BCUT2D eigenvalue weighted by Gasteiger charge is -2.01. The molecule has 1 rings (SSSR count). The molecule has 1 aromatic rings. The van der Waals surface area contributed by atoms with Gasteiger partial charge in [0.2, 0.25) is 0 Å². The van der Waals surface area contributed by atoms with Crippen molar-refractivity contribution in [3.63, 3.8) is 0 Å². The maximum Gasteiger partial charge on any atom is 0.137 e. The van der Waals surface area contributed by atoms with Crippen molar-refractivity contribution < 1.29 is 4.74 Å². The van der Waals surface area contributed by atoms with E-state index in [-0.39, 0.29) is 0 Å². The van der Waals surface area contributed by atoms with Crippen LogP contribution in [0.25, 0.3) is 0 Å². The molecule has 1 nitrogen and oxygen atoms in total. The molecular formula is C8H8ClO. The van der Waals surface area contributed by atoms with Crippen molar-refractivity contribution in [2.75, 3.05) is 7.11 Å². The first-order valence-electron chi connectivity index (χ1n) is 2.89. The van der Waals surface area contributed by atoms with Crippen LogP contribution < -0.4 is 4.74 Å². The van der Waals surface area contributed by atoms with E-state index in [9.17, 15) is 0 Å². The van der Waals surface area contributed by atoms with Crippen molar-refractivity contribution in [2.45, 2.75) is 0 Å². The number of benzene rings is 1. The fourth-order valence-corrected chi connectivity index (χ4v) is 0.899. The predicted molar refractivity (Wildman–Crippen MR) is 42.5 cm³/mol. The number of hydrogen-bond donors (Lipinski definition) is 0. The van der Waals surface area contributed by atoms with E-state index in [0.29, 0.717) is 10.8 Å². The molecule has 0 amide bonds. The van der Waals surface area contributed by atoms with E-state index < -0.39 is 0 Å². The summed E-state index contributed by atoms with van der Waals surface area (Å²) in [4.78, 5) is 0. The van der Waals surface area contributed by atoms with Crippen LogP contribution in [0.4, 0.5) is 0 Å². The quantitative estimate of drug-likeness (QED) is 0.606. The Morgan fingerprint density at radius 3 is 2.70 bits per heavy atom. The zero-order chi connectivity index (χ0) is 7.56. The van der Waals surface area contributed by atoms with Gasteiger partial charge in [-0.25, -0.2) is 0 Å². The van der Waals surface area contributed by atoms with Gasteiger partial charge in [0.25, 0.3) is 0 Å².